The average Bonchev–Trinajstić information content (AvgIpc) is 2.81. The van der Waals surface area contributed by atoms with Crippen LogP contribution in [0.1, 0.15) is 12.2 Å². The highest BCUT2D eigenvalue weighted by atomic mass is 16.6. The summed E-state index contributed by atoms with van der Waals surface area (Å²) in [6, 6.07) is 13.6. The Labute approximate surface area is 184 Å². The number of fused-ring (bicyclic) bond motifs is 1. The summed E-state index contributed by atoms with van der Waals surface area (Å²) in [5.41, 5.74) is 4.01. The summed E-state index contributed by atoms with van der Waals surface area (Å²) in [5.74, 6) is 0.184. The van der Waals surface area contributed by atoms with Gasteiger partial charge >= 0.3 is 0 Å². The van der Waals surface area contributed by atoms with Gasteiger partial charge in [0.2, 0.25) is 5.91 Å². The second-order valence-corrected chi connectivity index (χ2v) is 7.70. The van der Waals surface area contributed by atoms with E-state index in [0.29, 0.717) is 23.3 Å². The predicted octanol–water partition coefficient (Wildman–Crippen LogP) is 1.90. The van der Waals surface area contributed by atoms with E-state index in [-0.39, 0.29) is 23.6 Å². The molecule has 0 aliphatic carbocycles. The SMILES string of the molecule is Cc1nc2ccccc2c(=O)n1NC(=O)CCN1CCN(c2ccc([N+](=O)[O-])cc2)CC1. The lowest BCUT2D eigenvalue weighted by Crippen LogP contribution is -2.47. The Balaban J connectivity index is 1.30. The molecule has 32 heavy (non-hydrogen) atoms. The maximum atomic E-state index is 12.7. The molecule has 1 aromatic heterocycles. The zero-order valence-electron chi connectivity index (χ0n) is 17.7. The van der Waals surface area contributed by atoms with Crippen molar-refractivity contribution in [2.24, 2.45) is 0 Å². The number of carbonyl (C=O) groups excluding carboxylic acids is 1. The van der Waals surface area contributed by atoms with Crippen LogP contribution < -0.4 is 15.9 Å². The van der Waals surface area contributed by atoms with Crippen molar-refractivity contribution < 1.29 is 9.72 Å². The molecule has 0 unspecified atom stereocenters. The maximum absolute atomic E-state index is 12.7. The van der Waals surface area contributed by atoms with Crippen molar-refractivity contribution in [3.05, 3.63) is 74.8 Å². The number of aromatic nitrogens is 2. The number of nitro groups is 1. The minimum atomic E-state index is -0.406. The van der Waals surface area contributed by atoms with Crippen molar-refractivity contribution in [1.82, 2.24) is 14.6 Å². The van der Waals surface area contributed by atoms with E-state index in [9.17, 15) is 19.7 Å². The number of amides is 1. The fourth-order valence-corrected chi connectivity index (χ4v) is 3.83. The molecule has 10 heteroatoms. The maximum Gasteiger partial charge on any atom is 0.280 e. The fraction of sp³-hybridized carbons (Fsp3) is 0.318. The number of non-ortho nitro benzene ring substituents is 1. The Hall–Kier alpha value is -3.79. The normalized spacial score (nSPS) is 14.5. The van der Waals surface area contributed by atoms with Gasteiger partial charge in [-0.1, -0.05) is 12.1 Å². The third-order valence-electron chi connectivity index (χ3n) is 5.63. The van der Waals surface area contributed by atoms with Crippen LogP contribution in [0.25, 0.3) is 10.9 Å². The summed E-state index contributed by atoms with van der Waals surface area (Å²) in [7, 11) is 0. The van der Waals surface area contributed by atoms with E-state index < -0.39 is 4.92 Å². The molecule has 2 aromatic carbocycles. The van der Waals surface area contributed by atoms with Gasteiger partial charge in [-0.15, -0.1) is 0 Å². The zero-order chi connectivity index (χ0) is 22.7. The lowest BCUT2D eigenvalue weighted by Gasteiger charge is -2.36. The molecular formula is C22H24N6O4. The molecule has 4 rings (SSSR count). The van der Waals surface area contributed by atoms with Crippen LogP contribution in [0.3, 0.4) is 0 Å². The van der Waals surface area contributed by atoms with Crippen molar-refractivity contribution >= 4 is 28.2 Å². The highest BCUT2D eigenvalue weighted by Gasteiger charge is 2.19. The molecular weight excluding hydrogens is 412 g/mol. The quantitative estimate of drug-likeness (QED) is 0.464. The van der Waals surface area contributed by atoms with Crippen LogP contribution in [0.5, 0.6) is 0 Å². The molecule has 0 atom stereocenters. The van der Waals surface area contributed by atoms with Crippen molar-refractivity contribution in [2.75, 3.05) is 43.0 Å². The lowest BCUT2D eigenvalue weighted by molar-refractivity contribution is -0.384. The van der Waals surface area contributed by atoms with Gasteiger partial charge in [-0.2, -0.15) is 0 Å². The average molecular weight is 436 g/mol. The second-order valence-electron chi connectivity index (χ2n) is 7.70. The number of aryl methyl sites for hydroxylation is 1. The second kappa shape index (κ2) is 9.15. The van der Waals surface area contributed by atoms with Crippen molar-refractivity contribution in [3.8, 4) is 0 Å². The van der Waals surface area contributed by atoms with E-state index in [1.54, 1.807) is 37.3 Å². The number of nitrogens with one attached hydrogen (secondary N) is 1. The van der Waals surface area contributed by atoms with Gasteiger partial charge in [0.05, 0.1) is 15.8 Å². The summed E-state index contributed by atoms with van der Waals surface area (Å²) >= 11 is 0. The van der Waals surface area contributed by atoms with Crippen LogP contribution in [0.4, 0.5) is 11.4 Å². The monoisotopic (exact) mass is 436 g/mol. The number of nitrogens with zero attached hydrogens (tertiary/aromatic N) is 5. The number of anilines is 1. The summed E-state index contributed by atoms with van der Waals surface area (Å²) in [6.07, 6.45) is 0.260. The van der Waals surface area contributed by atoms with Crippen molar-refractivity contribution in [3.63, 3.8) is 0 Å². The Morgan fingerprint density at radius 3 is 2.47 bits per heavy atom. The van der Waals surface area contributed by atoms with Gasteiger partial charge in [-0.25, -0.2) is 9.66 Å². The van der Waals surface area contributed by atoms with Crippen LogP contribution >= 0.6 is 0 Å². The Morgan fingerprint density at radius 1 is 1.09 bits per heavy atom. The molecule has 1 N–H and O–H groups in total. The van der Waals surface area contributed by atoms with Crippen LogP contribution in [0.2, 0.25) is 0 Å². The van der Waals surface area contributed by atoms with Gasteiger partial charge in [0.15, 0.2) is 0 Å². The summed E-state index contributed by atoms with van der Waals surface area (Å²) in [5, 5.41) is 11.3. The van der Waals surface area contributed by atoms with Crippen LogP contribution in [-0.4, -0.2) is 58.1 Å². The number of rotatable bonds is 6. The van der Waals surface area contributed by atoms with E-state index >= 15 is 0 Å². The minimum Gasteiger partial charge on any atom is -0.369 e. The van der Waals surface area contributed by atoms with Gasteiger partial charge in [-0.3, -0.25) is 30.0 Å². The Bertz CT molecular complexity index is 1200. The smallest absolute Gasteiger partial charge is 0.280 e. The van der Waals surface area contributed by atoms with Crippen molar-refractivity contribution in [1.29, 1.82) is 0 Å². The van der Waals surface area contributed by atoms with E-state index in [0.717, 1.165) is 31.9 Å². The predicted molar refractivity (Wildman–Crippen MR) is 121 cm³/mol. The molecule has 0 bridgehead atoms. The number of nitro benzene ring substituents is 1. The molecule has 2 heterocycles. The number of piperazine rings is 1. The summed E-state index contributed by atoms with van der Waals surface area (Å²) in [6.45, 7) is 5.36. The van der Waals surface area contributed by atoms with Gasteiger partial charge in [-0.05, 0) is 31.2 Å². The third-order valence-corrected chi connectivity index (χ3v) is 5.63. The van der Waals surface area contributed by atoms with Crippen LogP contribution in [-0.2, 0) is 4.79 Å². The number of para-hydroxylation sites is 1. The zero-order valence-corrected chi connectivity index (χ0v) is 17.7. The third kappa shape index (κ3) is 4.59. The first kappa shape index (κ1) is 21.4. The summed E-state index contributed by atoms with van der Waals surface area (Å²) < 4.78 is 1.21. The highest BCUT2D eigenvalue weighted by Crippen LogP contribution is 2.20. The minimum absolute atomic E-state index is 0.0781. The molecule has 1 fully saturated rings. The number of benzene rings is 2. The van der Waals surface area contributed by atoms with E-state index in [2.05, 4.69) is 20.2 Å². The highest BCUT2D eigenvalue weighted by molar-refractivity contribution is 5.84. The first-order valence-electron chi connectivity index (χ1n) is 10.4. The van der Waals surface area contributed by atoms with Gasteiger partial charge < -0.3 is 4.90 Å². The van der Waals surface area contributed by atoms with E-state index in [4.69, 9.17) is 0 Å². The largest absolute Gasteiger partial charge is 0.369 e. The molecule has 166 valence electrons. The topological polar surface area (TPSA) is 114 Å². The molecule has 3 aromatic rings. The molecule has 10 nitrogen and oxygen atoms in total. The number of carbonyl (C=O) groups is 1. The van der Waals surface area contributed by atoms with Crippen LogP contribution in [0.15, 0.2) is 53.3 Å². The standard InChI is InChI=1S/C22H24N6O4/c1-16-23-20-5-3-2-4-19(20)22(30)27(16)24-21(29)10-11-25-12-14-26(15-13-25)17-6-8-18(9-7-17)28(31)32/h2-9H,10-15H2,1H3,(H,24,29). The lowest BCUT2D eigenvalue weighted by atomic mass is 10.2. The fourth-order valence-electron chi connectivity index (χ4n) is 3.83. The van der Waals surface area contributed by atoms with Gasteiger partial charge in [0, 0.05) is 57.0 Å². The van der Waals surface area contributed by atoms with E-state index in [1.165, 1.54) is 16.8 Å². The van der Waals surface area contributed by atoms with Crippen molar-refractivity contribution in [2.45, 2.75) is 13.3 Å². The Kier molecular flexibility index (Phi) is 6.13. The molecule has 1 aliphatic rings. The number of hydrogen-bond donors (Lipinski definition) is 1. The first-order valence-corrected chi connectivity index (χ1v) is 10.4. The molecule has 0 spiro atoms. The molecule has 1 amide bonds. The molecule has 0 radical (unpaired) electrons. The molecule has 1 saturated heterocycles. The molecule has 1 aliphatic heterocycles. The molecule has 0 saturated carbocycles. The van der Waals surface area contributed by atoms with Crippen LogP contribution in [0, 0.1) is 17.0 Å². The Morgan fingerprint density at radius 2 is 1.78 bits per heavy atom. The number of hydrogen-bond acceptors (Lipinski definition) is 7. The first-order chi connectivity index (χ1) is 15.4. The van der Waals surface area contributed by atoms with E-state index in [1.807, 2.05) is 6.07 Å². The summed E-state index contributed by atoms with van der Waals surface area (Å²) in [4.78, 5) is 44.3. The van der Waals surface area contributed by atoms with Gasteiger partial charge in [0.1, 0.15) is 5.82 Å². The van der Waals surface area contributed by atoms with Gasteiger partial charge in [0.25, 0.3) is 11.2 Å².